The molecule has 6 rings (SSSR count). The first-order chi connectivity index (χ1) is 15.3. The van der Waals surface area contributed by atoms with Gasteiger partial charge in [-0.2, -0.15) is 14.6 Å². The lowest BCUT2D eigenvalue weighted by Crippen LogP contribution is -2.36. The van der Waals surface area contributed by atoms with Crippen LogP contribution in [0.2, 0.25) is 0 Å². The number of rotatable bonds is 5. The van der Waals surface area contributed by atoms with Gasteiger partial charge < -0.3 is 9.32 Å². The molecule has 2 aliphatic rings. The van der Waals surface area contributed by atoms with Crippen molar-refractivity contribution in [3.8, 4) is 11.5 Å². The molecule has 1 aromatic carbocycles. The van der Waals surface area contributed by atoms with E-state index in [2.05, 4.69) is 43.2 Å². The van der Waals surface area contributed by atoms with E-state index in [4.69, 9.17) is 4.42 Å². The fourth-order valence-electron chi connectivity index (χ4n) is 4.96. The monoisotopic (exact) mass is 415 g/mol. The normalized spacial score (nSPS) is 19.9. The summed E-state index contributed by atoms with van der Waals surface area (Å²) in [6.07, 6.45) is 6.97. The topological polar surface area (TPSA) is 85.2 Å². The second-order valence-corrected chi connectivity index (χ2v) is 8.75. The minimum Gasteiger partial charge on any atom is -0.420 e. The van der Waals surface area contributed by atoms with Crippen molar-refractivity contribution in [3.63, 3.8) is 0 Å². The minimum absolute atomic E-state index is 0.289. The van der Waals surface area contributed by atoms with E-state index in [1.165, 1.54) is 0 Å². The van der Waals surface area contributed by atoms with Gasteiger partial charge in [-0.05, 0) is 43.2 Å². The van der Waals surface area contributed by atoms with E-state index in [0.717, 1.165) is 68.2 Å². The van der Waals surface area contributed by atoms with Crippen molar-refractivity contribution in [1.82, 2.24) is 29.8 Å². The highest BCUT2D eigenvalue weighted by Gasteiger charge is 2.58. The molecule has 1 aliphatic carbocycles. The van der Waals surface area contributed by atoms with Gasteiger partial charge in [-0.3, -0.25) is 0 Å². The van der Waals surface area contributed by atoms with Crippen molar-refractivity contribution in [1.29, 1.82) is 0 Å². The van der Waals surface area contributed by atoms with Crippen LogP contribution in [0.5, 0.6) is 0 Å². The first kappa shape index (κ1) is 18.5. The molecule has 0 amide bonds. The standard InChI is InChI=1S/C23H25N7O/c1-2-6-17-13-19(30-22(26-17)24-15-25-30)29-11-9-23(10-12-29)14-18(23)21-28-27-20(31-21)16-7-4-3-5-8-16/h3-5,7-8,13,15,18H,2,6,9-12,14H2,1H3/t18-/m1/s1. The number of hydrogen-bond donors (Lipinski definition) is 0. The van der Waals surface area contributed by atoms with Gasteiger partial charge in [0.15, 0.2) is 0 Å². The van der Waals surface area contributed by atoms with Crippen molar-refractivity contribution in [3.05, 3.63) is 54.3 Å². The summed E-state index contributed by atoms with van der Waals surface area (Å²) in [6, 6.07) is 12.2. The summed E-state index contributed by atoms with van der Waals surface area (Å²) in [7, 11) is 0. The third-order valence-electron chi connectivity index (χ3n) is 6.82. The van der Waals surface area contributed by atoms with E-state index in [9.17, 15) is 0 Å². The quantitative estimate of drug-likeness (QED) is 0.489. The fraction of sp³-hybridized carbons (Fsp3) is 0.435. The first-order valence-electron chi connectivity index (χ1n) is 11.1. The lowest BCUT2D eigenvalue weighted by molar-refractivity contribution is 0.351. The van der Waals surface area contributed by atoms with E-state index in [-0.39, 0.29) is 5.41 Å². The Balaban J connectivity index is 1.18. The summed E-state index contributed by atoms with van der Waals surface area (Å²) >= 11 is 0. The molecule has 2 fully saturated rings. The maximum Gasteiger partial charge on any atom is 0.254 e. The van der Waals surface area contributed by atoms with Crippen LogP contribution in [-0.4, -0.2) is 42.9 Å². The van der Waals surface area contributed by atoms with Gasteiger partial charge in [0, 0.05) is 36.3 Å². The summed E-state index contributed by atoms with van der Waals surface area (Å²) in [6.45, 7) is 4.15. The number of hydrogen-bond acceptors (Lipinski definition) is 7. The first-order valence-corrected chi connectivity index (χ1v) is 11.1. The molecular weight excluding hydrogens is 390 g/mol. The van der Waals surface area contributed by atoms with E-state index >= 15 is 0 Å². The molecule has 1 saturated heterocycles. The largest absolute Gasteiger partial charge is 0.420 e. The zero-order chi connectivity index (χ0) is 20.8. The summed E-state index contributed by atoms with van der Waals surface area (Å²) < 4.78 is 7.92. The number of benzene rings is 1. The van der Waals surface area contributed by atoms with Crippen LogP contribution in [-0.2, 0) is 6.42 Å². The van der Waals surface area contributed by atoms with Crippen LogP contribution in [0.25, 0.3) is 17.2 Å². The zero-order valence-electron chi connectivity index (χ0n) is 17.6. The number of aryl methyl sites for hydroxylation is 1. The number of nitrogens with zero attached hydrogens (tertiary/aromatic N) is 7. The van der Waals surface area contributed by atoms with Gasteiger partial charge in [-0.1, -0.05) is 31.5 Å². The molecule has 4 heterocycles. The van der Waals surface area contributed by atoms with E-state index in [0.29, 0.717) is 17.6 Å². The van der Waals surface area contributed by atoms with Crippen molar-refractivity contribution < 1.29 is 4.42 Å². The highest BCUT2D eigenvalue weighted by Crippen LogP contribution is 2.64. The van der Waals surface area contributed by atoms with Gasteiger partial charge >= 0.3 is 0 Å². The predicted molar refractivity (Wildman–Crippen MR) is 116 cm³/mol. The highest BCUT2D eigenvalue weighted by molar-refractivity contribution is 5.52. The molecule has 8 heteroatoms. The second-order valence-electron chi connectivity index (χ2n) is 8.75. The van der Waals surface area contributed by atoms with E-state index < -0.39 is 0 Å². The van der Waals surface area contributed by atoms with Crippen molar-refractivity contribution in [2.24, 2.45) is 5.41 Å². The van der Waals surface area contributed by atoms with Crippen molar-refractivity contribution in [2.75, 3.05) is 18.0 Å². The molecule has 158 valence electrons. The summed E-state index contributed by atoms with van der Waals surface area (Å²) in [5, 5.41) is 13.1. The molecule has 1 aliphatic heterocycles. The van der Waals surface area contributed by atoms with Crippen LogP contribution < -0.4 is 4.90 Å². The molecule has 3 aromatic heterocycles. The third-order valence-corrected chi connectivity index (χ3v) is 6.82. The number of aromatic nitrogens is 6. The maximum absolute atomic E-state index is 6.06. The number of anilines is 1. The molecule has 4 aromatic rings. The second kappa shape index (κ2) is 7.14. The summed E-state index contributed by atoms with van der Waals surface area (Å²) in [5.41, 5.74) is 2.35. The van der Waals surface area contributed by atoms with Crippen LogP contribution >= 0.6 is 0 Å². The zero-order valence-corrected chi connectivity index (χ0v) is 17.6. The molecule has 31 heavy (non-hydrogen) atoms. The minimum atomic E-state index is 0.289. The molecule has 8 nitrogen and oxygen atoms in total. The van der Waals surface area contributed by atoms with E-state index in [1.54, 1.807) is 6.33 Å². The lowest BCUT2D eigenvalue weighted by atomic mass is 9.90. The Morgan fingerprint density at radius 1 is 1.13 bits per heavy atom. The molecule has 0 unspecified atom stereocenters. The Labute approximate surface area is 180 Å². The predicted octanol–water partition coefficient (Wildman–Crippen LogP) is 3.90. The highest BCUT2D eigenvalue weighted by atomic mass is 16.4. The molecule has 0 N–H and O–H groups in total. The van der Waals surface area contributed by atoms with Crippen LogP contribution in [0.4, 0.5) is 5.82 Å². The fourth-order valence-corrected chi connectivity index (χ4v) is 4.96. The third kappa shape index (κ3) is 3.17. The van der Waals surface area contributed by atoms with E-state index in [1.807, 2.05) is 34.8 Å². The maximum atomic E-state index is 6.06. The average Bonchev–Trinajstić information content (AvgIpc) is 3.16. The summed E-state index contributed by atoms with van der Waals surface area (Å²) in [5.74, 6) is 3.56. The van der Waals surface area contributed by atoms with Gasteiger partial charge in [0.25, 0.3) is 5.78 Å². The Bertz CT molecular complexity index is 1210. The molecule has 1 atom stereocenters. The Morgan fingerprint density at radius 2 is 1.97 bits per heavy atom. The van der Waals surface area contributed by atoms with Crippen molar-refractivity contribution >= 4 is 11.6 Å². The Morgan fingerprint density at radius 3 is 2.77 bits per heavy atom. The Kier molecular flexibility index (Phi) is 4.26. The molecule has 0 radical (unpaired) electrons. The van der Waals surface area contributed by atoms with Crippen LogP contribution in [0.1, 0.15) is 50.1 Å². The average molecular weight is 416 g/mol. The van der Waals surface area contributed by atoms with Crippen LogP contribution in [0.3, 0.4) is 0 Å². The van der Waals surface area contributed by atoms with Gasteiger partial charge in [0.05, 0.1) is 0 Å². The van der Waals surface area contributed by atoms with Gasteiger partial charge in [0.1, 0.15) is 12.1 Å². The number of fused-ring (bicyclic) bond motifs is 1. The van der Waals surface area contributed by atoms with Crippen LogP contribution in [0.15, 0.2) is 47.1 Å². The SMILES string of the molecule is CCCc1cc(N2CCC3(CC2)C[C@@H]3c2nnc(-c3ccccc3)o2)n2ncnc2n1. The van der Waals surface area contributed by atoms with Gasteiger partial charge in [-0.25, -0.2) is 4.98 Å². The van der Waals surface area contributed by atoms with Crippen LogP contribution in [0, 0.1) is 5.41 Å². The van der Waals surface area contributed by atoms with Gasteiger partial charge in [-0.15, -0.1) is 10.2 Å². The molecule has 0 bridgehead atoms. The molecule has 1 saturated carbocycles. The molecular formula is C23H25N7O. The smallest absolute Gasteiger partial charge is 0.254 e. The summed E-state index contributed by atoms with van der Waals surface area (Å²) in [4.78, 5) is 11.4. The lowest BCUT2D eigenvalue weighted by Gasteiger charge is -2.34. The van der Waals surface area contributed by atoms with Crippen molar-refractivity contribution in [2.45, 2.75) is 44.9 Å². The Hall–Kier alpha value is -3.29. The molecule has 1 spiro atoms. The number of piperidine rings is 1. The van der Waals surface area contributed by atoms with Gasteiger partial charge in [0.2, 0.25) is 11.8 Å².